The highest BCUT2D eigenvalue weighted by Gasteiger charge is 2.06. The van der Waals surface area contributed by atoms with Crippen LogP contribution in [0.3, 0.4) is 0 Å². The first-order chi connectivity index (χ1) is 14.7. The molecule has 3 aromatic carbocycles. The number of nitrogens with zero attached hydrogens (tertiary/aromatic N) is 1. The first kappa shape index (κ1) is 25.4. The van der Waals surface area contributed by atoms with Gasteiger partial charge in [0.2, 0.25) is 0 Å². The van der Waals surface area contributed by atoms with Crippen molar-refractivity contribution in [3.05, 3.63) is 86.2 Å². The Morgan fingerprint density at radius 2 is 1.40 bits per heavy atom. The number of hydrogen-bond donors (Lipinski definition) is 0. The van der Waals surface area contributed by atoms with Crippen LogP contribution in [0.25, 0.3) is 21.0 Å². The maximum atomic E-state index is 7.00. The Morgan fingerprint density at radius 1 is 0.800 bits per heavy atom. The normalized spacial score (nSPS) is 9.67. The molecule has 0 fully saturated rings. The largest absolute Gasteiger partial charge is 0.242 e. The maximum absolute atomic E-state index is 7.00. The van der Waals surface area contributed by atoms with Crippen molar-refractivity contribution < 1.29 is 0 Å². The van der Waals surface area contributed by atoms with Crippen LogP contribution in [-0.2, 0) is 19.3 Å². The summed E-state index contributed by atoms with van der Waals surface area (Å²) in [5, 5.41) is 3.95. The molecule has 0 radical (unpaired) electrons. The zero-order chi connectivity index (χ0) is 22.5. The van der Waals surface area contributed by atoms with Gasteiger partial charge in [0.05, 0.1) is 15.2 Å². The fourth-order valence-electron chi connectivity index (χ4n) is 3.49. The highest BCUT2D eigenvalue weighted by molar-refractivity contribution is 7.18. The van der Waals surface area contributed by atoms with Crippen molar-refractivity contribution in [2.75, 3.05) is 0 Å². The predicted molar refractivity (Wildman–Crippen MR) is 135 cm³/mol. The van der Waals surface area contributed by atoms with Crippen molar-refractivity contribution in [2.45, 2.75) is 60.8 Å². The molecule has 0 amide bonds. The monoisotopic (exact) mass is 423 g/mol. The second-order valence-corrected chi connectivity index (χ2v) is 7.55. The van der Waals surface area contributed by atoms with Crippen molar-refractivity contribution in [1.29, 1.82) is 0 Å². The van der Waals surface area contributed by atoms with Gasteiger partial charge in [-0.2, -0.15) is 0 Å². The van der Waals surface area contributed by atoms with E-state index in [1.807, 2.05) is 27.7 Å². The average molecular weight is 424 g/mol. The topological polar surface area (TPSA) is 47.0 Å². The quantitative estimate of drug-likeness (QED) is 0.332. The molecule has 30 heavy (non-hydrogen) atoms. The number of benzene rings is 3. The van der Waals surface area contributed by atoms with Crippen LogP contribution in [0, 0.1) is 16.9 Å². The summed E-state index contributed by atoms with van der Waals surface area (Å²) in [5.41, 5.74) is 5.39. The number of fused-ring (bicyclic) bond motifs is 2. The highest BCUT2D eigenvalue weighted by atomic mass is 32.1. The number of aromatic nitrogens is 1. The Kier molecular flexibility index (Phi) is 11.5. The molecule has 0 saturated carbocycles. The van der Waals surface area contributed by atoms with E-state index in [0.29, 0.717) is 0 Å². The average Bonchev–Trinajstić information content (AvgIpc) is 3.20. The molecule has 0 N–H and O–H groups in total. The first-order valence-electron chi connectivity index (χ1n) is 10.8. The smallest absolute Gasteiger partial charge is 0.0907 e. The molecule has 0 bridgehead atoms. The summed E-state index contributed by atoms with van der Waals surface area (Å²) in [6.07, 6.45) is 3.21. The van der Waals surface area contributed by atoms with Gasteiger partial charge in [0, 0.05) is 9.93 Å². The van der Waals surface area contributed by atoms with Crippen LogP contribution < -0.4 is 0 Å². The fourth-order valence-corrected chi connectivity index (χ4v) is 4.30. The molecule has 0 aliphatic carbocycles. The summed E-state index contributed by atoms with van der Waals surface area (Å²) in [4.78, 5) is 18.6. The summed E-state index contributed by atoms with van der Waals surface area (Å²) in [6.45, 7) is 12.3. The third kappa shape index (κ3) is 6.20. The molecule has 0 atom stereocenters. The second kappa shape index (κ2) is 13.6. The fraction of sp³-hybridized carbons (Fsp3) is 0.346. The molecule has 1 heterocycles. The molecule has 4 heteroatoms. The molecule has 0 aliphatic rings. The number of thiazole rings is 1. The zero-order valence-electron chi connectivity index (χ0n) is 19.0. The molecule has 0 unspecified atom stereocenters. The van der Waals surface area contributed by atoms with Crippen molar-refractivity contribution in [2.24, 2.45) is 0 Å². The van der Waals surface area contributed by atoms with Crippen LogP contribution in [-0.4, -0.2) is 4.98 Å². The van der Waals surface area contributed by atoms with E-state index < -0.39 is 0 Å². The van der Waals surface area contributed by atoms with Crippen molar-refractivity contribution in [1.82, 2.24) is 4.98 Å². The first-order valence-corrected chi connectivity index (χ1v) is 11.6. The van der Waals surface area contributed by atoms with Crippen LogP contribution in [0.15, 0.2) is 54.6 Å². The third-order valence-corrected chi connectivity index (χ3v) is 5.68. The SMILES string of the molecule is CC.CC.CCc1cccc2c(CCc3ccc4sc(C)nc4c3)cccc12.O=O. The molecule has 1 aromatic heterocycles. The molecule has 0 aliphatic heterocycles. The van der Waals surface area contributed by atoms with Crippen LogP contribution >= 0.6 is 11.3 Å². The molecule has 3 nitrogen and oxygen atoms in total. The summed E-state index contributed by atoms with van der Waals surface area (Å²) in [7, 11) is 0. The van der Waals surface area contributed by atoms with Gasteiger partial charge in [0.25, 0.3) is 0 Å². The van der Waals surface area contributed by atoms with Crippen LogP contribution in [0.1, 0.15) is 56.3 Å². The van der Waals surface area contributed by atoms with Crippen molar-refractivity contribution in [3.63, 3.8) is 0 Å². The van der Waals surface area contributed by atoms with E-state index in [-0.39, 0.29) is 0 Å². The Morgan fingerprint density at radius 3 is 2.03 bits per heavy atom. The van der Waals surface area contributed by atoms with E-state index in [1.54, 1.807) is 11.3 Å². The van der Waals surface area contributed by atoms with Gasteiger partial charge in [0.15, 0.2) is 0 Å². The Hall–Kier alpha value is -2.59. The molecule has 0 spiro atoms. The zero-order valence-corrected chi connectivity index (χ0v) is 19.8. The van der Waals surface area contributed by atoms with Gasteiger partial charge < -0.3 is 0 Å². The van der Waals surface area contributed by atoms with Crippen molar-refractivity contribution >= 4 is 32.3 Å². The lowest BCUT2D eigenvalue weighted by molar-refractivity contribution is 0.970. The lowest BCUT2D eigenvalue weighted by Crippen LogP contribution is -1.94. The molecular formula is C26H33NO2S. The summed E-state index contributed by atoms with van der Waals surface area (Å²) in [6, 6.07) is 20.1. The maximum Gasteiger partial charge on any atom is 0.0907 e. The lowest BCUT2D eigenvalue weighted by Gasteiger charge is -2.10. The minimum Gasteiger partial charge on any atom is -0.242 e. The molecule has 4 rings (SSSR count). The molecule has 0 saturated heterocycles. The summed E-state index contributed by atoms with van der Waals surface area (Å²) in [5.74, 6) is 0. The standard InChI is InChI=1S/C22H21NS.2C2H6.O2/c1-3-17-6-4-9-20-18(7-5-8-19(17)20)12-10-16-11-13-22-21(14-16)23-15(2)24-22;3*1-2/h4-9,11,13-14H,3,10,12H2,1-2H3;2*1-2H3;. The highest BCUT2D eigenvalue weighted by Crippen LogP contribution is 2.26. The lowest BCUT2D eigenvalue weighted by atomic mass is 9.95. The van der Waals surface area contributed by atoms with Crippen molar-refractivity contribution in [3.8, 4) is 0 Å². The van der Waals surface area contributed by atoms with Crippen LogP contribution in [0.5, 0.6) is 0 Å². The van der Waals surface area contributed by atoms with Gasteiger partial charge in [0.1, 0.15) is 0 Å². The number of rotatable bonds is 4. The summed E-state index contributed by atoms with van der Waals surface area (Å²) >= 11 is 1.77. The predicted octanol–water partition coefficient (Wildman–Crippen LogP) is 8.22. The van der Waals surface area contributed by atoms with Crippen LogP contribution in [0.2, 0.25) is 0 Å². The van der Waals surface area contributed by atoms with Gasteiger partial charge in [-0.15, -0.1) is 11.3 Å². The van der Waals surface area contributed by atoms with E-state index in [4.69, 9.17) is 9.93 Å². The molecule has 4 aromatic rings. The Bertz CT molecular complexity index is 1040. The van der Waals surface area contributed by atoms with E-state index in [9.17, 15) is 0 Å². The third-order valence-electron chi connectivity index (χ3n) is 4.73. The van der Waals surface area contributed by atoms with E-state index >= 15 is 0 Å². The Labute approximate surface area is 184 Å². The summed E-state index contributed by atoms with van der Waals surface area (Å²) < 4.78 is 1.29. The van der Waals surface area contributed by atoms with E-state index in [1.165, 1.54) is 32.2 Å². The number of aryl methyl sites for hydroxylation is 4. The van der Waals surface area contributed by atoms with Gasteiger partial charge in [-0.3, -0.25) is 0 Å². The van der Waals surface area contributed by atoms with E-state index in [2.05, 4.69) is 73.4 Å². The van der Waals surface area contributed by atoms with E-state index in [0.717, 1.165) is 29.8 Å². The van der Waals surface area contributed by atoms with Gasteiger partial charge in [-0.05, 0) is 65.8 Å². The van der Waals surface area contributed by atoms with Gasteiger partial charge >= 0.3 is 0 Å². The minimum atomic E-state index is 1.06. The van der Waals surface area contributed by atoms with Gasteiger partial charge in [-0.1, -0.05) is 77.1 Å². The minimum absolute atomic E-state index is 1.06. The second-order valence-electron chi connectivity index (χ2n) is 6.32. The Balaban J connectivity index is 0.000000691. The molecular weight excluding hydrogens is 390 g/mol. The van der Waals surface area contributed by atoms with Gasteiger partial charge in [-0.25, -0.2) is 4.98 Å². The number of hydrogen-bond acceptors (Lipinski definition) is 4. The van der Waals surface area contributed by atoms with Crippen LogP contribution in [0.4, 0.5) is 0 Å². The molecule has 160 valence electrons.